The number of anilines is 1. The van der Waals surface area contributed by atoms with Gasteiger partial charge in [0.05, 0.1) is 22.5 Å². The highest BCUT2D eigenvalue weighted by atomic mass is 19.1. The van der Waals surface area contributed by atoms with Gasteiger partial charge in [-0.3, -0.25) is 0 Å². The molecule has 4 aromatic rings. The average molecular weight is 429 g/mol. The highest BCUT2D eigenvalue weighted by molar-refractivity contribution is 6.21. The van der Waals surface area contributed by atoms with Crippen LogP contribution < -0.4 is 4.90 Å². The van der Waals surface area contributed by atoms with Gasteiger partial charge in [-0.2, -0.15) is 0 Å². The van der Waals surface area contributed by atoms with Crippen molar-refractivity contribution in [3.05, 3.63) is 89.7 Å². The van der Waals surface area contributed by atoms with Gasteiger partial charge in [-0.25, -0.2) is 9.38 Å². The van der Waals surface area contributed by atoms with Crippen molar-refractivity contribution in [2.75, 3.05) is 38.1 Å². The molecular weight excluding hydrogens is 403 g/mol. The third-order valence-corrected chi connectivity index (χ3v) is 5.98. The number of aromatic amines is 1. The smallest absolute Gasteiger partial charge is 0.199 e. The summed E-state index contributed by atoms with van der Waals surface area (Å²) in [5.74, 6) is -0.384. The topological polar surface area (TPSA) is 54.9 Å². The van der Waals surface area contributed by atoms with Crippen molar-refractivity contribution < 1.29 is 9.50 Å². The first-order chi connectivity index (χ1) is 15.6. The van der Waals surface area contributed by atoms with E-state index in [1.54, 1.807) is 6.07 Å². The zero-order valence-electron chi connectivity index (χ0n) is 17.9. The summed E-state index contributed by atoms with van der Waals surface area (Å²) in [4.78, 5) is 12.5. The third kappa shape index (κ3) is 3.97. The number of halogens is 1. The summed E-state index contributed by atoms with van der Waals surface area (Å²) in [7, 11) is 2.15. The highest BCUT2D eigenvalue weighted by Crippen LogP contribution is 2.32. The number of nitrogens with zero attached hydrogens (tertiary/aromatic N) is 3. The number of hydrogen-bond acceptors (Lipinski definition) is 4. The quantitative estimate of drug-likeness (QED) is 0.453. The first-order valence-corrected chi connectivity index (χ1v) is 10.8. The van der Waals surface area contributed by atoms with Crippen LogP contribution in [0.25, 0.3) is 10.9 Å². The van der Waals surface area contributed by atoms with Gasteiger partial charge in [-0.15, -0.1) is 0 Å². The Kier molecular flexibility index (Phi) is 5.37. The SMILES string of the molecule is CN1CCN(c2ccc(N=C(c3ccccc3)c3c(O)[nH]c4cc(F)ccc34)cc2)CC1. The van der Waals surface area contributed by atoms with Gasteiger partial charge in [-0.05, 0) is 49.5 Å². The minimum atomic E-state index is -0.358. The van der Waals surface area contributed by atoms with E-state index in [1.807, 2.05) is 42.5 Å². The lowest BCUT2D eigenvalue weighted by Crippen LogP contribution is -2.44. The van der Waals surface area contributed by atoms with Gasteiger partial charge >= 0.3 is 0 Å². The summed E-state index contributed by atoms with van der Waals surface area (Å²) in [6.45, 7) is 4.12. The van der Waals surface area contributed by atoms with Crippen molar-refractivity contribution in [1.29, 1.82) is 0 Å². The van der Waals surface area contributed by atoms with E-state index in [9.17, 15) is 9.50 Å². The second-order valence-corrected chi connectivity index (χ2v) is 8.17. The molecule has 5 rings (SSSR count). The van der Waals surface area contributed by atoms with Gasteiger partial charge in [0.15, 0.2) is 5.88 Å². The zero-order chi connectivity index (χ0) is 22.1. The number of hydrogen-bond donors (Lipinski definition) is 2. The molecule has 2 N–H and O–H groups in total. The summed E-state index contributed by atoms with van der Waals surface area (Å²) in [5, 5.41) is 11.4. The summed E-state index contributed by atoms with van der Waals surface area (Å²) in [6, 6.07) is 22.4. The van der Waals surface area contributed by atoms with E-state index in [-0.39, 0.29) is 11.7 Å². The monoisotopic (exact) mass is 428 g/mol. The number of nitrogens with one attached hydrogen (secondary N) is 1. The van der Waals surface area contributed by atoms with Crippen LogP contribution in [0, 0.1) is 5.82 Å². The molecular formula is C26H25FN4O. The second-order valence-electron chi connectivity index (χ2n) is 8.17. The molecule has 0 radical (unpaired) electrons. The Balaban J connectivity index is 1.56. The predicted molar refractivity (Wildman–Crippen MR) is 128 cm³/mol. The van der Waals surface area contributed by atoms with Crippen LogP contribution in [-0.4, -0.2) is 53.9 Å². The number of likely N-dealkylation sites (N-methyl/N-ethyl adjacent to an activating group) is 1. The van der Waals surface area contributed by atoms with Gasteiger partial charge < -0.3 is 19.9 Å². The highest BCUT2D eigenvalue weighted by Gasteiger charge is 2.19. The normalized spacial score (nSPS) is 15.4. The summed E-state index contributed by atoms with van der Waals surface area (Å²) < 4.78 is 13.7. The fourth-order valence-corrected chi connectivity index (χ4v) is 4.19. The fourth-order valence-electron chi connectivity index (χ4n) is 4.19. The molecule has 2 heterocycles. The maximum Gasteiger partial charge on any atom is 0.199 e. The van der Waals surface area contributed by atoms with E-state index in [2.05, 4.69) is 34.0 Å². The van der Waals surface area contributed by atoms with Crippen molar-refractivity contribution in [1.82, 2.24) is 9.88 Å². The van der Waals surface area contributed by atoms with Crippen LogP contribution in [0.15, 0.2) is 77.8 Å². The Bertz CT molecular complexity index is 1260. The Morgan fingerprint density at radius 3 is 2.38 bits per heavy atom. The lowest BCUT2D eigenvalue weighted by Gasteiger charge is -2.34. The third-order valence-electron chi connectivity index (χ3n) is 5.98. The first kappa shape index (κ1) is 20.3. The summed E-state index contributed by atoms with van der Waals surface area (Å²) >= 11 is 0. The predicted octanol–water partition coefficient (Wildman–Crippen LogP) is 4.93. The molecule has 0 bridgehead atoms. The maximum absolute atomic E-state index is 13.7. The van der Waals surface area contributed by atoms with Crippen LogP contribution in [-0.2, 0) is 0 Å². The molecule has 3 aromatic carbocycles. The van der Waals surface area contributed by atoms with Crippen molar-refractivity contribution in [3.63, 3.8) is 0 Å². The van der Waals surface area contributed by atoms with E-state index in [1.165, 1.54) is 17.8 Å². The molecule has 1 aliphatic heterocycles. The molecule has 0 spiro atoms. The molecule has 0 saturated carbocycles. The van der Waals surface area contributed by atoms with Gasteiger partial charge in [-0.1, -0.05) is 30.3 Å². The Morgan fingerprint density at radius 2 is 1.66 bits per heavy atom. The zero-order valence-corrected chi connectivity index (χ0v) is 17.9. The Labute approximate surface area is 186 Å². The minimum absolute atomic E-state index is 0.0257. The molecule has 0 unspecified atom stereocenters. The van der Waals surface area contributed by atoms with E-state index < -0.39 is 0 Å². The molecule has 6 heteroatoms. The van der Waals surface area contributed by atoms with Crippen LogP contribution in [0.4, 0.5) is 15.8 Å². The van der Waals surface area contributed by atoms with Crippen LogP contribution in [0.1, 0.15) is 11.1 Å². The van der Waals surface area contributed by atoms with Crippen LogP contribution in [0.2, 0.25) is 0 Å². The molecule has 0 aliphatic carbocycles. The maximum atomic E-state index is 13.7. The van der Waals surface area contributed by atoms with E-state index in [4.69, 9.17) is 4.99 Å². The number of benzene rings is 3. The number of aromatic nitrogens is 1. The molecule has 32 heavy (non-hydrogen) atoms. The summed E-state index contributed by atoms with van der Waals surface area (Å²) in [5.41, 5.74) is 4.58. The Morgan fingerprint density at radius 1 is 0.938 bits per heavy atom. The number of aromatic hydroxyl groups is 1. The molecule has 5 nitrogen and oxygen atoms in total. The van der Waals surface area contributed by atoms with Crippen molar-refractivity contribution >= 4 is 28.0 Å². The van der Waals surface area contributed by atoms with Crippen LogP contribution >= 0.6 is 0 Å². The number of rotatable bonds is 4. The lowest BCUT2D eigenvalue weighted by atomic mass is 10.0. The molecule has 162 valence electrons. The number of aliphatic imine (C=N–C) groups is 1. The molecule has 1 fully saturated rings. The second kappa shape index (κ2) is 8.48. The van der Waals surface area contributed by atoms with E-state index >= 15 is 0 Å². The molecule has 0 amide bonds. The molecule has 1 saturated heterocycles. The Hall–Kier alpha value is -3.64. The van der Waals surface area contributed by atoms with E-state index in [0.29, 0.717) is 16.8 Å². The van der Waals surface area contributed by atoms with Gasteiger partial charge in [0.1, 0.15) is 5.82 Å². The lowest BCUT2D eigenvalue weighted by molar-refractivity contribution is 0.313. The fraction of sp³-hybridized carbons (Fsp3) is 0.192. The number of H-pyrrole nitrogens is 1. The van der Waals surface area contributed by atoms with Crippen LogP contribution in [0.5, 0.6) is 5.88 Å². The first-order valence-electron chi connectivity index (χ1n) is 10.8. The van der Waals surface area contributed by atoms with Gasteiger partial charge in [0, 0.05) is 42.8 Å². The number of fused-ring (bicyclic) bond motifs is 1. The van der Waals surface area contributed by atoms with Crippen LogP contribution in [0.3, 0.4) is 0 Å². The molecule has 1 aromatic heterocycles. The largest absolute Gasteiger partial charge is 0.494 e. The molecule has 0 atom stereocenters. The minimum Gasteiger partial charge on any atom is -0.494 e. The average Bonchev–Trinajstić information content (AvgIpc) is 3.13. The van der Waals surface area contributed by atoms with Crippen molar-refractivity contribution in [3.8, 4) is 5.88 Å². The van der Waals surface area contributed by atoms with E-state index in [0.717, 1.165) is 42.8 Å². The summed E-state index contributed by atoms with van der Waals surface area (Å²) in [6.07, 6.45) is 0. The van der Waals surface area contributed by atoms with Crippen molar-refractivity contribution in [2.45, 2.75) is 0 Å². The van der Waals surface area contributed by atoms with Gasteiger partial charge in [0.2, 0.25) is 0 Å². The van der Waals surface area contributed by atoms with Crippen molar-refractivity contribution in [2.24, 2.45) is 4.99 Å². The number of piperazine rings is 1. The molecule has 1 aliphatic rings. The standard InChI is InChI=1S/C26H25FN4O/c1-30-13-15-31(16-14-30)21-10-8-20(9-11-21)28-25(18-5-3-2-4-6-18)24-22-12-7-19(27)17-23(22)29-26(24)32/h2-12,17,29,32H,13-16H2,1H3. The van der Waals surface area contributed by atoms with Gasteiger partial charge in [0.25, 0.3) is 0 Å².